The predicted molar refractivity (Wildman–Crippen MR) is 85.9 cm³/mol. The molecule has 1 aliphatic carbocycles. The van der Waals surface area contributed by atoms with Crippen molar-refractivity contribution in [2.75, 3.05) is 14.2 Å². The van der Waals surface area contributed by atoms with Gasteiger partial charge >= 0.3 is 0 Å². The molecule has 2 atom stereocenters. The zero-order valence-corrected chi connectivity index (χ0v) is 13.4. The molecule has 0 saturated heterocycles. The van der Waals surface area contributed by atoms with E-state index in [4.69, 9.17) is 15.2 Å². The van der Waals surface area contributed by atoms with E-state index in [2.05, 4.69) is 5.32 Å². The molecule has 122 valence electrons. The topological polar surface area (TPSA) is 73.6 Å². The fraction of sp³-hybridized carbons (Fsp3) is 0.588. The summed E-state index contributed by atoms with van der Waals surface area (Å²) < 4.78 is 10.5. The number of hydrogen-bond acceptors (Lipinski definition) is 4. The van der Waals surface area contributed by atoms with Crippen molar-refractivity contribution in [2.45, 2.75) is 44.7 Å². The zero-order valence-electron chi connectivity index (χ0n) is 13.4. The summed E-state index contributed by atoms with van der Waals surface area (Å²) >= 11 is 0. The van der Waals surface area contributed by atoms with Gasteiger partial charge in [-0.05, 0) is 30.9 Å². The first-order valence-corrected chi connectivity index (χ1v) is 7.87. The highest BCUT2D eigenvalue weighted by atomic mass is 16.5. The lowest BCUT2D eigenvalue weighted by atomic mass is 9.83. The highest BCUT2D eigenvalue weighted by molar-refractivity contribution is 5.76. The number of carbonyl (C=O) groups is 1. The van der Waals surface area contributed by atoms with Crippen LogP contribution in [0.4, 0.5) is 0 Å². The monoisotopic (exact) mass is 306 g/mol. The first kappa shape index (κ1) is 16.6. The van der Waals surface area contributed by atoms with E-state index in [-0.39, 0.29) is 11.9 Å². The molecule has 2 rings (SSSR count). The van der Waals surface area contributed by atoms with Gasteiger partial charge in [0.1, 0.15) is 11.5 Å². The molecular formula is C17H26N2O3. The highest BCUT2D eigenvalue weighted by Crippen LogP contribution is 2.26. The van der Waals surface area contributed by atoms with E-state index in [1.165, 1.54) is 12.8 Å². The van der Waals surface area contributed by atoms with Crippen LogP contribution in [0.1, 0.15) is 37.7 Å². The van der Waals surface area contributed by atoms with Crippen LogP contribution in [0.15, 0.2) is 18.2 Å². The summed E-state index contributed by atoms with van der Waals surface area (Å²) in [5, 5.41) is 2.96. The molecule has 0 aromatic heterocycles. The third-order valence-corrected chi connectivity index (χ3v) is 4.39. The summed E-state index contributed by atoms with van der Waals surface area (Å²) in [4.78, 5) is 12.1. The summed E-state index contributed by atoms with van der Waals surface area (Å²) in [5.74, 6) is 1.82. The van der Waals surface area contributed by atoms with E-state index < -0.39 is 0 Å². The van der Waals surface area contributed by atoms with Gasteiger partial charge in [0.05, 0.1) is 14.2 Å². The van der Waals surface area contributed by atoms with Gasteiger partial charge in [0.2, 0.25) is 5.91 Å². The standard InChI is InChI=1S/C17H26N2O3/c1-21-14-8-7-13(16(10-14)22-2)11-19-17(20)9-12-5-3-4-6-15(12)18/h7-8,10,12,15H,3-6,9,11,18H2,1-2H3,(H,19,20). The minimum Gasteiger partial charge on any atom is -0.497 e. The van der Waals surface area contributed by atoms with Crippen LogP contribution in [0.5, 0.6) is 11.5 Å². The van der Waals surface area contributed by atoms with Crippen LogP contribution in [0, 0.1) is 5.92 Å². The molecule has 5 heteroatoms. The molecule has 1 fully saturated rings. The average molecular weight is 306 g/mol. The zero-order chi connectivity index (χ0) is 15.9. The molecule has 22 heavy (non-hydrogen) atoms. The van der Waals surface area contributed by atoms with Gasteiger partial charge in [-0.25, -0.2) is 0 Å². The number of hydrogen-bond donors (Lipinski definition) is 2. The maximum Gasteiger partial charge on any atom is 0.220 e. The van der Waals surface area contributed by atoms with E-state index in [1.54, 1.807) is 14.2 Å². The first-order valence-electron chi connectivity index (χ1n) is 7.87. The average Bonchev–Trinajstić information content (AvgIpc) is 2.55. The Balaban J connectivity index is 1.88. The quantitative estimate of drug-likeness (QED) is 0.845. The number of carbonyl (C=O) groups excluding carboxylic acids is 1. The van der Waals surface area contributed by atoms with E-state index in [1.807, 2.05) is 18.2 Å². The first-order chi connectivity index (χ1) is 10.6. The fourth-order valence-electron chi connectivity index (χ4n) is 2.99. The Morgan fingerprint density at radius 3 is 2.73 bits per heavy atom. The second-order valence-corrected chi connectivity index (χ2v) is 5.87. The fourth-order valence-corrected chi connectivity index (χ4v) is 2.99. The van der Waals surface area contributed by atoms with Gasteiger partial charge in [0.25, 0.3) is 0 Å². The molecule has 1 saturated carbocycles. The van der Waals surface area contributed by atoms with Crippen molar-refractivity contribution in [3.63, 3.8) is 0 Å². The largest absolute Gasteiger partial charge is 0.497 e. The maximum absolute atomic E-state index is 12.1. The lowest BCUT2D eigenvalue weighted by Crippen LogP contribution is -2.37. The van der Waals surface area contributed by atoms with E-state index in [0.29, 0.717) is 24.6 Å². The number of methoxy groups -OCH3 is 2. The van der Waals surface area contributed by atoms with E-state index >= 15 is 0 Å². The Labute approximate surface area is 132 Å². The Bertz CT molecular complexity index is 505. The van der Waals surface area contributed by atoms with Crippen molar-refractivity contribution in [3.05, 3.63) is 23.8 Å². The summed E-state index contributed by atoms with van der Waals surface area (Å²) in [5.41, 5.74) is 7.03. The Morgan fingerprint density at radius 2 is 2.05 bits per heavy atom. The summed E-state index contributed by atoms with van der Waals surface area (Å²) in [6, 6.07) is 5.75. The van der Waals surface area contributed by atoms with Crippen LogP contribution in [0.3, 0.4) is 0 Å². The molecule has 1 aromatic carbocycles. The third kappa shape index (κ3) is 4.37. The third-order valence-electron chi connectivity index (χ3n) is 4.39. The van der Waals surface area contributed by atoms with Crippen molar-refractivity contribution in [2.24, 2.45) is 11.7 Å². The number of nitrogens with two attached hydrogens (primary N) is 1. The van der Waals surface area contributed by atoms with Crippen molar-refractivity contribution in [3.8, 4) is 11.5 Å². The van der Waals surface area contributed by atoms with Gasteiger partial charge < -0.3 is 20.5 Å². The molecule has 0 aliphatic heterocycles. The smallest absolute Gasteiger partial charge is 0.220 e. The van der Waals surface area contributed by atoms with Gasteiger partial charge in [0.15, 0.2) is 0 Å². The molecular weight excluding hydrogens is 280 g/mol. The molecule has 3 N–H and O–H groups in total. The summed E-state index contributed by atoms with van der Waals surface area (Å²) in [7, 11) is 3.23. The molecule has 1 aliphatic rings. The molecule has 5 nitrogen and oxygen atoms in total. The lowest BCUT2D eigenvalue weighted by molar-refractivity contribution is -0.122. The minimum absolute atomic E-state index is 0.0558. The van der Waals surface area contributed by atoms with Gasteiger partial charge in [-0.2, -0.15) is 0 Å². The number of nitrogens with one attached hydrogen (secondary N) is 1. The molecule has 1 amide bonds. The second-order valence-electron chi connectivity index (χ2n) is 5.87. The van der Waals surface area contributed by atoms with E-state index in [9.17, 15) is 4.79 Å². The van der Waals surface area contributed by atoms with Crippen LogP contribution in [0.2, 0.25) is 0 Å². The normalized spacial score (nSPS) is 21.2. The Hall–Kier alpha value is -1.75. The van der Waals surface area contributed by atoms with Crippen molar-refractivity contribution in [1.82, 2.24) is 5.32 Å². The Morgan fingerprint density at radius 1 is 1.27 bits per heavy atom. The molecule has 0 spiro atoms. The van der Waals surface area contributed by atoms with Crippen LogP contribution in [-0.2, 0) is 11.3 Å². The van der Waals surface area contributed by atoms with Crippen LogP contribution >= 0.6 is 0 Å². The van der Waals surface area contributed by atoms with Gasteiger partial charge in [-0.15, -0.1) is 0 Å². The summed E-state index contributed by atoms with van der Waals surface area (Å²) in [6.45, 7) is 0.452. The molecule has 0 bridgehead atoms. The predicted octanol–water partition coefficient (Wildman–Crippen LogP) is 2.23. The number of benzene rings is 1. The van der Waals surface area contributed by atoms with Gasteiger partial charge in [0, 0.05) is 30.6 Å². The van der Waals surface area contributed by atoms with E-state index in [0.717, 1.165) is 24.2 Å². The van der Waals surface area contributed by atoms with Crippen molar-refractivity contribution in [1.29, 1.82) is 0 Å². The molecule has 1 aromatic rings. The second kappa shape index (κ2) is 8.03. The number of ether oxygens (including phenoxy) is 2. The van der Waals surface area contributed by atoms with Crippen molar-refractivity contribution < 1.29 is 14.3 Å². The minimum atomic E-state index is 0.0558. The van der Waals surface area contributed by atoms with Crippen LogP contribution in [0.25, 0.3) is 0 Å². The highest BCUT2D eigenvalue weighted by Gasteiger charge is 2.24. The van der Waals surface area contributed by atoms with Crippen LogP contribution < -0.4 is 20.5 Å². The number of amides is 1. The lowest BCUT2D eigenvalue weighted by Gasteiger charge is -2.28. The Kier molecular flexibility index (Phi) is 6.07. The number of rotatable bonds is 6. The SMILES string of the molecule is COc1ccc(CNC(=O)CC2CCCCC2N)c(OC)c1. The molecule has 0 heterocycles. The summed E-state index contributed by atoms with van der Waals surface area (Å²) in [6.07, 6.45) is 4.96. The van der Waals surface area contributed by atoms with Gasteiger partial charge in [-0.3, -0.25) is 4.79 Å². The van der Waals surface area contributed by atoms with Crippen LogP contribution in [-0.4, -0.2) is 26.2 Å². The van der Waals surface area contributed by atoms with Crippen molar-refractivity contribution >= 4 is 5.91 Å². The van der Waals surface area contributed by atoms with Gasteiger partial charge in [-0.1, -0.05) is 12.8 Å². The molecule has 2 unspecified atom stereocenters. The molecule has 0 radical (unpaired) electrons. The maximum atomic E-state index is 12.1.